The van der Waals surface area contributed by atoms with Gasteiger partial charge < -0.3 is 24.8 Å². The molecule has 1 aromatic heterocycles. The van der Waals surface area contributed by atoms with E-state index in [0.29, 0.717) is 35.0 Å². The quantitative estimate of drug-likeness (QED) is 0.382. The van der Waals surface area contributed by atoms with E-state index in [1.807, 2.05) is 55.9 Å². The first-order chi connectivity index (χ1) is 16.5. The summed E-state index contributed by atoms with van der Waals surface area (Å²) in [5, 5.41) is 23.2. The van der Waals surface area contributed by atoms with Crippen LogP contribution in [0.1, 0.15) is 55.9 Å². The van der Waals surface area contributed by atoms with Gasteiger partial charge in [-0.25, -0.2) is 4.98 Å². The van der Waals surface area contributed by atoms with Crippen LogP contribution in [-0.4, -0.2) is 44.4 Å². The number of nitrogens with zero attached hydrogens (tertiary/aromatic N) is 2. The minimum atomic E-state index is -1.03. The van der Waals surface area contributed by atoms with Gasteiger partial charge in [0.05, 0.1) is 16.8 Å². The summed E-state index contributed by atoms with van der Waals surface area (Å²) in [4.78, 5) is 17.4. The molecule has 0 saturated heterocycles. The number of aromatic nitrogens is 2. The molecule has 3 aromatic rings. The van der Waals surface area contributed by atoms with Gasteiger partial charge in [0.1, 0.15) is 17.2 Å². The van der Waals surface area contributed by atoms with Gasteiger partial charge in [0.15, 0.2) is 0 Å². The number of carbonyl (C=O) groups is 1. The number of amides is 1. The van der Waals surface area contributed by atoms with Gasteiger partial charge in [-0.3, -0.25) is 4.79 Å². The normalized spacial score (nSPS) is 12.6. The minimum Gasteiger partial charge on any atom is -0.489 e. The number of aliphatic hydroxyl groups is 2. The molecule has 35 heavy (non-hydrogen) atoms. The van der Waals surface area contributed by atoms with Crippen molar-refractivity contribution < 1.29 is 19.7 Å². The average molecular weight is 500 g/mol. The highest BCUT2D eigenvalue weighted by Gasteiger charge is 2.23. The molecule has 0 aliphatic rings. The second-order valence-corrected chi connectivity index (χ2v) is 9.92. The average Bonchev–Trinajstić information content (AvgIpc) is 3.17. The van der Waals surface area contributed by atoms with Crippen LogP contribution in [0, 0.1) is 0 Å². The van der Waals surface area contributed by atoms with E-state index in [0.717, 1.165) is 16.8 Å². The van der Waals surface area contributed by atoms with Crippen molar-refractivity contribution in [3.8, 4) is 17.0 Å². The fraction of sp³-hybridized carbons (Fsp3) is 0.407. The van der Waals surface area contributed by atoms with E-state index in [1.165, 1.54) is 0 Å². The number of aliphatic hydroxyl groups excluding tert-OH is 1. The van der Waals surface area contributed by atoms with E-state index in [4.69, 9.17) is 16.3 Å². The zero-order valence-electron chi connectivity index (χ0n) is 20.9. The predicted molar refractivity (Wildman–Crippen MR) is 138 cm³/mol. The number of imidazole rings is 1. The maximum absolute atomic E-state index is 12.8. The molecule has 1 heterocycles. The highest BCUT2D eigenvalue weighted by atomic mass is 35.5. The molecule has 3 N–H and O–H groups in total. The molecule has 0 spiro atoms. The summed E-state index contributed by atoms with van der Waals surface area (Å²) in [5.41, 5.74) is 2.13. The van der Waals surface area contributed by atoms with Crippen LogP contribution in [0.25, 0.3) is 11.3 Å². The van der Waals surface area contributed by atoms with Crippen LogP contribution in [0.15, 0.2) is 48.7 Å². The summed E-state index contributed by atoms with van der Waals surface area (Å²) in [5.74, 6) is 0.865. The summed E-state index contributed by atoms with van der Waals surface area (Å²) in [6.45, 7) is 7.19. The van der Waals surface area contributed by atoms with Gasteiger partial charge in [-0.2, -0.15) is 0 Å². The Labute approximate surface area is 211 Å². The highest BCUT2D eigenvalue weighted by molar-refractivity contribution is 6.32. The molecule has 0 aliphatic carbocycles. The van der Waals surface area contributed by atoms with Gasteiger partial charge in [0.25, 0.3) is 5.91 Å². The monoisotopic (exact) mass is 499 g/mol. The number of carbonyl (C=O) groups excluding carboxylic acids is 1. The van der Waals surface area contributed by atoms with Crippen molar-refractivity contribution in [3.63, 3.8) is 0 Å². The van der Waals surface area contributed by atoms with Crippen LogP contribution < -0.4 is 10.1 Å². The second-order valence-electron chi connectivity index (χ2n) is 9.52. The van der Waals surface area contributed by atoms with Crippen molar-refractivity contribution in [2.75, 3.05) is 6.61 Å². The SMILES string of the molecule is CC(C)Oc1ccc(C(=O)N[C@H](CCO)Cc2ccc(-c3cn(C)c(C(C)(C)O)n3)cc2)cc1Cl. The highest BCUT2D eigenvalue weighted by Crippen LogP contribution is 2.27. The first kappa shape index (κ1) is 26.7. The van der Waals surface area contributed by atoms with Crippen LogP contribution in [0.4, 0.5) is 0 Å². The zero-order chi connectivity index (χ0) is 25.8. The molecule has 2 aromatic carbocycles. The summed E-state index contributed by atoms with van der Waals surface area (Å²) in [6, 6.07) is 12.6. The second kappa shape index (κ2) is 11.2. The molecule has 8 heteroatoms. The summed E-state index contributed by atoms with van der Waals surface area (Å²) in [7, 11) is 1.86. The van der Waals surface area contributed by atoms with E-state index in [-0.39, 0.29) is 24.7 Å². The Morgan fingerprint density at radius 1 is 1.20 bits per heavy atom. The number of ether oxygens (including phenoxy) is 1. The Balaban J connectivity index is 1.69. The summed E-state index contributed by atoms with van der Waals surface area (Å²) < 4.78 is 7.45. The van der Waals surface area contributed by atoms with Crippen molar-refractivity contribution in [2.45, 2.75) is 58.3 Å². The van der Waals surface area contributed by atoms with Crippen molar-refractivity contribution in [1.29, 1.82) is 0 Å². The number of hydrogen-bond donors (Lipinski definition) is 3. The topological polar surface area (TPSA) is 96.6 Å². The molecule has 1 amide bonds. The molecule has 188 valence electrons. The van der Waals surface area contributed by atoms with Crippen LogP contribution >= 0.6 is 11.6 Å². The van der Waals surface area contributed by atoms with Crippen LogP contribution in [-0.2, 0) is 19.1 Å². The van der Waals surface area contributed by atoms with Gasteiger partial charge in [-0.05, 0) is 64.3 Å². The Hall–Kier alpha value is -2.87. The van der Waals surface area contributed by atoms with E-state index in [9.17, 15) is 15.0 Å². The van der Waals surface area contributed by atoms with E-state index >= 15 is 0 Å². The number of nitrogens with one attached hydrogen (secondary N) is 1. The van der Waals surface area contributed by atoms with Gasteiger partial charge in [-0.15, -0.1) is 0 Å². The number of benzene rings is 2. The fourth-order valence-corrected chi connectivity index (χ4v) is 4.14. The molecule has 1 atom stereocenters. The van der Waals surface area contributed by atoms with Crippen molar-refractivity contribution in [3.05, 3.63) is 70.6 Å². The number of halogens is 1. The third-order valence-corrected chi connectivity index (χ3v) is 5.82. The Morgan fingerprint density at radius 2 is 1.89 bits per heavy atom. The maximum Gasteiger partial charge on any atom is 0.251 e. The summed E-state index contributed by atoms with van der Waals surface area (Å²) >= 11 is 6.28. The fourth-order valence-electron chi connectivity index (χ4n) is 3.91. The van der Waals surface area contributed by atoms with Crippen molar-refractivity contribution in [2.24, 2.45) is 7.05 Å². The third kappa shape index (κ3) is 7.07. The Morgan fingerprint density at radius 3 is 2.43 bits per heavy atom. The molecule has 0 unspecified atom stereocenters. The summed E-state index contributed by atoms with van der Waals surface area (Å²) in [6.07, 6.45) is 2.85. The van der Waals surface area contributed by atoms with Crippen molar-refractivity contribution in [1.82, 2.24) is 14.9 Å². The first-order valence-electron chi connectivity index (χ1n) is 11.7. The molecule has 0 saturated carbocycles. The Kier molecular flexibility index (Phi) is 8.59. The molecule has 0 radical (unpaired) electrons. The lowest BCUT2D eigenvalue weighted by molar-refractivity contribution is 0.0659. The van der Waals surface area contributed by atoms with Gasteiger partial charge in [0, 0.05) is 37.0 Å². The van der Waals surface area contributed by atoms with Gasteiger partial charge in [-0.1, -0.05) is 35.9 Å². The minimum absolute atomic E-state index is 0.0197. The van der Waals surface area contributed by atoms with E-state index in [2.05, 4.69) is 10.3 Å². The lowest BCUT2D eigenvalue weighted by Crippen LogP contribution is -2.37. The predicted octanol–water partition coefficient (Wildman–Crippen LogP) is 4.48. The molecule has 0 bridgehead atoms. The Bertz CT molecular complexity index is 1150. The van der Waals surface area contributed by atoms with E-state index < -0.39 is 5.60 Å². The zero-order valence-corrected chi connectivity index (χ0v) is 21.6. The van der Waals surface area contributed by atoms with Crippen molar-refractivity contribution >= 4 is 17.5 Å². The lowest BCUT2D eigenvalue weighted by Gasteiger charge is -2.19. The number of rotatable bonds is 10. The number of hydrogen-bond acceptors (Lipinski definition) is 5. The van der Waals surface area contributed by atoms with E-state index in [1.54, 1.807) is 32.0 Å². The molecule has 7 nitrogen and oxygen atoms in total. The third-order valence-electron chi connectivity index (χ3n) is 5.52. The largest absolute Gasteiger partial charge is 0.489 e. The number of aryl methyl sites for hydroxylation is 1. The molecule has 0 fully saturated rings. The molecular formula is C27H34ClN3O4. The molecule has 0 aliphatic heterocycles. The smallest absolute Gasteiger partial charge is 0.251 e. The standard InChI is InChI=1S/C27H34ClN3O4/c1-17(2)35-24-11-10-20(15-22(24)28)25(33)29-21(12-13-32)14-18-6-8-19(9-7-18)23-16-31(5)26(30-23)27(3,4)34/h6-11,15-17,21,32,34H,12-14H2,1-5H3,(H,29,33)/t21-/m1/s1. The molecular weight excluding hydrogens is 466 g/mol. The van der Waals surface area contributed by atoms with Gasteiger partial charge >= 0.3 is 0 Å². The first-order valence-corrected chi connectivity index (χ1v) is 12.1. The van der Waals surface area contributed by atoms with Crippen LogP contribution in [0.5, 0.6) is 5.75 Å². The van der Waals surface area contributed by atoms with Crippen LogP contribution in [0.3, 0.4) is 0 Å². The lowest BCUT2D eigenvalue weighted by atomic mass is 10.0. The maximum atomic E-state index is 12.8. The molecule has 3 rings (SSSR count). The van der Waals surface area contributed by atoms with Gasteiger partial charge in [0.2, 0.25) is 0 Å². The van der Waals surface area contributed by atoms with Crippen LogP contribution in [0.2, 0.25) is 5.02 Å².